The molecule has 1 aliphatic rings. The molecular formula is C15H21F3N6. The molecule has 132 valence electrons. The van der Waals surface area contributed by atoms with Crippen molar-refractivity contribution in [3.63, 3.8) is 0 Å². The molecule has 0 saturated carbocycles. The van der Waals surface area contributed by atoms with Gasteiger partial charge in [0.05, 0.1) is 0 Å². The average Bonchev–Trinajstić information content (AvgIpc) is 2.95. The van der Waals surface area contributed by atoms with Gasteiger partial charge in [0, 0.05) is 13.1 Å². The van der Waals surface area contributed by atoms with Gasteiger partial charge in [-0.3, -0.25) is 0 Å². The number of anilines is 1. The van der Waals surface area contributed by atoms with Gasteiger partial charge in [0.1, 0.15) is 5.82 Å². The zero-order chi connectivity index (χ0) is 17.2. The molecule has 1 atom stereocenters. The maximum Gasteiger partial charge on any atom is 0.453 e. The monoisotopic (exact) mass is 342 g/mol. The van der Waals surface area contributed by atoms with Crippen LogP contribution in [0.25, 0.3) is 5.65 Å². The van der Waals surface area contributed by atoms with Crippen LogP contribution in [0.5, 0.6) is 0 Å². The molecule has 0 spiro atoms. The molecule has 1 fully saturated rings. The number of aromatic nitrogens is 4. The maximum atomic E-state index is 12.8. The van der Waals surface area contributed by atoms with Crippen molar-refractivity contribution in [2.45, 2.75) is 32.4 Å². The number of nitrogens with one attached hydrogen (secondary N) is 1. The molecular weight excluding hydrogens is 321 g/mol. The zero-order valence-corrected chi connectivity index (χ0v) is 13.6. The molecule has 1 N–H and O–H groups in total. The third-order valence-electron chi connectivity index (χ3n) is 4.21. The van der Waals surface area contributed by atoms with Crippen molar-refractivity contribution >= 4 is 11.5 Å². The van der Waals surface area contributed by atoms with Gasteiger partial charge in [0.15, 0.2) is 5.65 Å². The topological polar surface area (TPSA) is 58.3 Å². The first-order valence-corrected chi connectivity index (χ1v) is 8.19. The molecule has 3 heterocycles. The Morgan fingerprint density at radius 2 is 2.12 bits per heavy atom. The van der Waals surface area contributed by atoms with Crippen LogP contribution < -0.4 is 5.32 Å². The summed E-state index contributed by atoms with van der Waals surface area (Å²) in [6.45, 7) is 6.16. The summed E-state index contributed by atoms with van der Waals surface area (Å²) in [4.78, 5) is 2.44. The van der Waals surface area contributed by atoms with Gasteiger partial charge in [0.2, 0.25) is 0 Å². The normalized spacial score (nSPS) is 19.8. The predicted molar refractivity (Wildman–Crippen MR) is 83.7 cm³/mol. The van der Waals surface area contributed by atoms with Crippen LogP contribution in [-0.4, -0.2) is 50.9 Å². The Morgan fingerprint density at radius 3 is 2.88 bits per heavy atom. The van der Waals surface area contributed by atoms with Crippen LogP contribution in [-0.2, 0) is 6.18 Å². The Balaban J connectivity index is 1.55. The second-order valence-corrected chi connectivity index (χ2v) is 6.34. The third kappa shape index (κ3) is 3.95. The molecule has 2 aromatic rings. The molecule has 0 aliphatic carbocycles. The Kier molecular flexibility index (Phi) is 4.88. The highest BCUT2D eigenvalue weighted by molar-refractivity contribution is 5.44. The first-order chi connectivity index (χ1) is 11.4. The smallest absolute Gasteiger partial charge is 0.369 e. The van der Waals surface area contributed by atoms with Gasteiger partial charge >= 0.3 is 6.18 Å². The Bertz CT molecular complexity index is 683. The van der Waals surface area contributed by atoms with Gasteiger partial charge in [-0.25, -0.2) is 0 Å². The van der Waals surface area contributed by atoms with Gasteiger partial charge in [-0.1, -0.05) is 6.92 Å². The fraction of sp³-hybridized carbons (Fsp3) is 0.667. The second-order valence-electron chi connectivity index (χ2n) is 6.34. The highest BCUT2D eigenvalue weighted by Gasteiger charge is 2.37. The zero-order valence-electron chi connectivity index (χ0n) is 13.6. The summed E-state index contributed by atoms with van der Waals surface area (Å²) in [7, 11) is 0. The fourth-order valence-electron chi connectivity index (χ4n) is 3.07. The first-order valence-electron chi connectivity index (χ1n) is 8.19. The van der Waals surface area contributed by atoms with E-state index in [2.05, 4.69) is 32.4 Å². The van der Waals surface area contributed by atoms with E-state index in [9.17, 15) is 13.2 Å². The number of halogens is 3. The number of rotatable bonds is 5. The molecule has 2 aromatic heterocycles. The van der Waals surface area contributed by atoms with E-state index in [1.165, 1.54) is 18.9 Å². The van der Waals surface area contributed by atoms with Gasteiger partial charge < -0.3 is 10.2 Å². The number of likely N-dealkylation sites (tertiary alicyclic amines) is 1. The number of piperidine rings is 1. The number of hydrogen-bond acceptors (Lipinski definition) is 5. The molecule has 1 saturated heterocycles. The minimum atomic E-state index is -4.57. The van der Waals surface area contributed by atoms with Gasteiger partial charge in [0.25, 0.3) is 5.82 Å². The van der Waals surface area contributed by atoms with Crippen molar-refractivity contribution in [2.24, 2.45) is 5.92 Å². The van der Waals surface area contributed by atoms with Gasteiger partial charge in [-0.15, -0.1) is 15.3 Å². The molecule has 6 nitrogen and oxygen atoms in total. The molecule has 0 bridgehead atoms. The van der Waals surface area contributed by atoms with Crippen LogP contribution in [0.2, 0.25) is 0 Å². The van der Waals surface area contributed by atoms with E-state index >= 15 is 0 Å². The van der Waals surface area contributed by atoms with Gasteiger partial charge in [-0.2, -0.15) is 17.7 Å². The molecule has 3 rings (SSSR count). The van der Waals surface area contributed by atoms with Crippen molar-refractivity contribution in [3.8, 4) is 0 Å². The number of hydrogen-bond donors (Lipinski definition) is 1. The standard InChI is InChI=1S/C15H21F3N6/c1-11-4-2-8-23(10-11)9-3-7-19-12-5-6-13-20-21-14(15(16,17)18)24(13)22-12/h5-6,11H,2-4,7-10H2,1H3,(H,19,22)/t11-/m1/s1. The summed E-state index contributed by atoms with van der Waals surface area (Å²) in [6.07, 6.45) is -1.13. The van der Waals surface area contributed by atoms with Crippen molar-refractivity contribution in [2.75, 3.05) is 31.5 Å². The fourth-order valence-corrected chi connectivity index (χ4v) is 3.07. The van der Waals surface area contributed by atoms with E-state index in [-0.39, 0.29) is 5.65 Å². The highest BCUT2D eigenvalue weighted by Crippen LogP contribution is 2.27. The Labute approximate surface area is 138 Å². The summed E-state index contributed by atoms with van der Waals surface area (Å²) in [5.41, 5.74) is 0.0789. The highest BCUT2D eigenvalue weighted by atomic mass is 19.4. The molecule has 1 aliphatic heterocycles. The minimum absolute atomic E-state index is 0.0789. The molecule has 9 heteroatoms. The number of fused-ring (bicyclic) bond motifs is 1. The lowest BCUT2D eigenvalue weighted by molar-refractivity contribution is -0.146. The largest absolute Gasteiger partial charge is 0.453 e. The molecule has 0 radical (unpaired) electrons. The predicted octanol–water partition coefficient (Wildman–Crippen LogP) is 2.68. The Hall–Kier alpha value is -1.90. The van der Waals surface area contributed by atoms with E-state index in [1.807, 2.05) is 0 Å². The van der Waals surface area contributed by atoms with Crippen LogP contribution in [0.4, 0.5) is 19.0 Å². The van der Waals surface area contributed by atoms with Crippen LogP contribution >= 0.6 is 0 Å². The van der Waals surface area contributed by atoms with Crippen LogP contribution in [0.3, 0.4) is 0 Å². The summed E-state index contributed by atoms with van der Waals surface area (Å²) in [5, 5.41) is 13.7. The molecule has 0 aromatic carbocycles. The quantitative estimate of drug-likeness (QED) is 0.847. The Morgan fingerprint density at radius 1 is 1.29 bits per heavy atom. The minimum Gasteiger partial charge on any atom is -0.369 e. The molecule has 0 amide bonds. The summed E-state index contributed by atoms with van der Waals surface area (Å²) < 4.78 is 39.2. The average molecular weight is 342 g/mol. The summed E-state index contributed by atoms with van der Waals surface area (Å²) in [6, 6.07) is 3.09. The maximum absolute atomic E-state index is 12.8. The van der Waals surface area contributed by atoms with E-state index < -0.39 is 12.0 Å². The van der Waals surface area contributed by atoms with Crippen LogP contribution in [0.15, 0.2) is 12.1 Å². The van der Waals surface area contributed by atoms with E-state index in [4.69, 9.17) is 0 Å². The van der Waals surface area contributed by atoms with E-state index in [1.54, 1.807) is 6.07 Å². The van der Waals surface area contributed by atoms with E-state index in [0.29, 0.717) is 12.4 Å². The van der Waals surface area contributed by atoms with Crippen molar-refractivity contribution in [3.05, 3.63) is 18.0 Å². The number of nitrogens with zero attached hydrogens (tertiary/aromatic N) is 5. The van der Waals surface area contributed by atoms with E-state index in [0.717, 1.165) is 36.5 Å². The van der Waals surface area contributed by atoms with Crippen molar-refractivity contribution < 1.29 is 13.2 Å². The van der Waals surface area contributed by atoms with Gasteiger partial charge in [-0.05, 0) is 50.4 Å². The first kappa shape index (κ1) is 16.9. The second kappa shape index (κ2) is 6.92. The van der Waals surface area contributed by atoms with Crippen LogP contribution in [0, 0.1) is 5.92 Å². The summed E-state index contributed by atoms with van der Waals surface area (Å²) >= 11 is 0. The number of alkyl halides is 3. The lowest BCUT2D eigenvalue weighted by atomic mass is 10.0. The molecule has 24 heavy (non-hydrogen) atoms. The van der Waals surface area contributed by atoms with Crippen molar-refractivity contribution in [1.82, 2.24) is 24.7 Å². The lowest BCUT2D eigenvalue weighted by Gasteiger charge is -2.30. The van der Waals surface area contributed by atoms with Crippen LogP contribution in [0.1, 0.15) is 32.0 Å². The SMILES string of the molecule is C[C@@H]1CCCN(CCCNc2ccc3nnc(C(F)(F)F)n3n2)C1. The third-order valence-corrected chi connectivity index (χ3v) is 4.21. The summed E-state index contributed by atoms with van der Waals surface area (Å²) in [5.74, 6) is 0.0218. The molecule has 0 unspecified atom stereocenters. The lowest BCUT2D eigenvalue weighted by Crippen LogP contribution is -2.35. The van der Waals surface area contributed by atoms with Crippen molar-refractivity contribution in [1.29, 1.82) is 0 Å².